The first-order chi connectivity index (χ1) is 7.69. The molecule has 1 N–H and O–H groups in total. The Hall–Kier alpha value is -1.64. The molecule has 1 aromatic rings. The zero-order valence-corrected chi connectivity index (χ0v) is 9.69. The Labute approximate surface area is 102 Å². The molecule has 0 radical (unpaired) electrons. The first kappa shape index (κ1) is 10.9. The van der Waals surface area contributed by atoms with Gasteiger partial charge in [0, 0.05) is 0 Å². The van der Waals surface area contributed by atoms with Gasteiger partial charge in [0.1, 0.15) is 4.99 Å². The standard InChI is InChI=1S/C11H6N2OS2/c12-6-8-3-1-7(2-4-8)5-9-10(15)13-11(14)16-9/h1-5H,(H,13,14,15)/b9-5-. The van der Waals surface area contributed by atoms with Gasteiger partial charge in [0.2, 0.25) is 0 Å². The Bertz CT molecular complexity index is 526. The van der Waals surface area contributed by atoms with E-state index in [0.717, 1.165) is 22.2 Å². The first-order valence-electron chi connectivity index (χ1n) is 4.44. The molecular weight excluding hydrogens is 240 g/mol. The number of rotatable bonds is 1. The second kappa shape index (κ2) is 4.47. The van der Waals surface area contributed by atoms with Crippen LogP contribution in [0.4, 0.5) is 4.79 Å². The highest BCUT2D eigenvalue weighted by Crippen LogP contribution is 2.26. The molecular formula is C11H6N2OS2. The summed E-state index contributed by atoms with van der Waals surface area (Å²) in [5.74, 6) is 0. The van der Waals surface area contributed by atoms with Crippen molar-refractivity contribution in [2.45, 2.75) is 0 Å². The number of nitrogens with one attached hydrogen (secondary N) is 1. The summed E-state index contributed by atoms with van der Waals surface area (Å²) in [5.41, 5.74) is 1.53. The molecule has 1 aromatic carbocycles. The highest BCUT2D eigenvalue weighted by molar-refractivity contribution is 8.19. The predicted molar refractivity (Wildman–Crippen MR) is 67.9 cm³/mol. The van der Waals surface area contributed by atoms with Crippen LogP contribution in [0.5, 0.6) is 0 Å². The summed E-state index contributed by atoms with van der Waals surface area (Å²) in [6.07, 6.45) is 1.83. The summed E-state index contributed by atoms with van der Waals surface area (Å²) in [7, 11) is 0. The molecule has 0 aliphatic carbocycles. The maximum absolute atomic E-state index is 11.0. The molecule has 0 saturated carbocycles. The van der Waals surface area contributed by atoms with Crippen molar-refractivity contribution in [1.29, 1.82) is 5.26 Å². The number of thiocarbonyl (C=S) groups is 1. The highest BCUT2D eigenvalue weighted by Gasteiger charge is 2.21. The van der Waals surface area contributed by atoms with Crippen molar-refractivity contribution in [3.05, 3.63) is 40.3 Å². The largest absolute Gasteiger partial charge is 0.307 e. The molecule has 0 spiro atoms. The second-order valence-corrected chi connectivity index (χ2v) is 4.51. The van der Waals surface area contributed by atoms with E-state index >= 15 is 0 Å². The minimum absolute atomic E-state index is 0.148. The molecule has 1 aliphatic rings. The number of amides is 1. The van der Waals surface area contributed by atoms with Crippen LogP contribution in [0.15, 0.2) is 29.2 Å². The summed E-state index contributed by atoms with van der Waals surface area (Å²) >= 11 is 6.08. The average molecular weight is 246 g/mol. The van der Waals surface area contributed by atoms with Crippen molar-refractivity contribution < 1.29 is 4.79 Å². The van der Waals surface area contributed by atoms with Crippen LogP contribution in [0, 0.1) is 11.3 Å². The monoisotopic (exact) mass is 246 g/mol. The molecule has 3 nitrogen and oxygen atoms in total. The van der Waals surface area contributed by atoms with E-state index in [-0.39, 0.29) is 5.24 Å². The predicted octanol–water partition coefficient (Wildman–Crippen LogP) is 2.68. The third-order valence-corrected chi connectivity index (χ3v) is 3.26. The van der Waals surface area contributed by atoms with E-state index in [2.05, 4.69) is 5.32 Å². The molecule has 1 fully saturated rings. The van der Waals surface area contributed by atoms with Crippen LogP contribution in [-0.4, -0.2) is 10.2 Å². The fourth-order valence-corrected chi connectivity index (χ4v) is 2.26. The van der Waals surface area contributed by atoms with E-state index in [1.165, 1.54) is 0 Å². The zero-order chi connectivity index (χ0) is 11.5. The van der Waals surface area contributed by atoms with Crippen LogP contribution in [0.3, 0.4) is 0 Å². The summed E-state index contributed by atoms with van der Waals surface area (Å²) in [5, 5.41) is 11.0. The molecule has 0 aromatic heterocycles. The van der Waals surface area contributed by atoms with Gasteiger partial charge in [-0.1, -0.05) is 24.4 Å². The van der Waals surface area contributed by atoms with E-state index in [4.69, 9.17) is 17.5 Å². The summed E-state index contributed by atoms with van der Waals surface area (Å²) in [4.78, 5) is 12.2. The molecule has 1 amide bonds. The van der Waals surface area contributed by atoms with Crippen LogP contribution in [0.2, 0.25) is 0 Å². The van der Waals surface area contributed by atoms with E-state index in [0.29, 0.717) is 10.6 Å². The highest BCUT2D eigenvalue weighted by atomic mass is 32.2. The van der Waals surface area contributed by atoms with E-state index in [1.807, 2.05) is 24.3 Å². The van der Waals surface area contributed by atoms with Gasteiger partial charge < -0.3 is 5.32 Å². The number of hydrogen-bond donors (Lipinski definition) is 1. The minimum atomic E-state index is -0.148. The summed E-state index contributed by atoms with van der Waals surface area (Å²) in [6, 6.07) is 9.13. The van der Waals surface area contributed by atoms with Gasteiger partial charge in [0.25, 0.3) is 5.24 Å². The normalized spacial score (nSPS) is 17.3. The third kappa shape index (κ3) is 2.30. The van der Waals surface area contributed by atoms with Crippen molar-refractivity contribution in [2.24, 2.45) is 0 Å². The molecule has 1 saturated heterocycles. The number of benzene rings is 1. The third-order valence-electron chi connectivity index (χ3n) is 1.98. The zero-order valence-electron chi connectivity index (χ0n) is 8.06. The maximum Gasteiger partial charge on any atom is 0.289 e. The molecule has 1 aliphatic heterocycles. The van der Waals surface area contributed by atoms with Gasteiger partial charge in [-0.05, 0) is 35.5 Å². The molecule has 0 atom stereocenters. The minimum Gasteiger partial charge on any atom is -0.307 e. The second-order valence-electron chi connectivity index (χ2n) is 3.09. The maximum atomic E-state index is 11.0. The molecule has 2 rings (SSSR count). The summed E-state index contributed by atoms with van der Waals surface area (Å²) < 4.78 is 0. The number of nitriles is 1. The van der Waals surface area contributed by atoms with Gasteiger partial charge in [-0.3, -0.25) is 4.79 Å². The molecule has 78 valence electrons. The van der Waals surface area contributed by atoms with Gasteiger partial charge in [0.05, 0.1) is 16.5 Å². The molecule has 1 heterocycles. The Kier molecular flexibility index (Phi) is 3.04. The Balaban J connectivity index is 2.26. The number of carbonyl (C=O) groups is 1. The lowest BCUT2D eigenvalue weighted by Crippen LogP contribution is -2.15. The molecule has 0 unspecified atom stereocenters. The molecule has 16 heavy (non-hydrogen) atoms. The Morgan fingerprint density at radius 2 is 2.06 bits per heavy atom. The van der Waals surface area contributed by atoms with Crippen molar-refractivity contribution in [3.63, 3.8) is 0 Å². The van der Waals surface area contributed by atoms with Gasteiger partial charge in [-0.15, -0.1) is 0 Å². The Morgan fingerprint density at radius 3 is 2.56 bits per heavy atom. The lowest BCUT2D eigenvalue weighted by atomic mass is 10.1. The van der Waals surface area contributed by atoms with Crippen LogP contribution < -0.4 is 5.32 Å². The molecule has 5 heteroatoms. The van der Waals surface area contributed by atoms with Crippen molar-refractivity contribution in [1.82, 2.24) is 5.32 Å². The van der Waals surface area contributed by atoms with Gasteiger partial charge >= 0.3 is 0 Å². The van der Waals surface area contributed by atoms with Gasteiger partial charge in [-0.2, -0.15) is 5.26 Å². The fourth-order valence-electron chi connectivity index (χ4n) is 1.23. The van der Waals surface area contributed by atoms with E-state index in [9.17, 15) is 4.79 Å². The topological polar surface area (TPSA) is 52.9 Å². The van der Waals surface area contributed by atoms with Crippen molar-refractivity contribution in [2.75, 3.05) is 0 Å². The van der Waals surface area contributed by atoms with E-state index < -0.39 is 0 Å². The van der Waals surface area contributed by atoms with Gasteiger partial charge in [-0.25, -0.2) is 0 Å². The number of hydrogen-bond acceptors (Lipinski definition) is 4. The average Bonchev–Trinajstić information content (AvgIpc) is 2.59. The molecule has 0 bridgehead atoms. The SMILES string of the molecule is N#Cc1ccc(/C=C2\SC(=O)NC2=S)cc1. The fraction of sp³-hybridized carbons (Fsp3) is 0. The van der Waals surface area contributed by atoms with Crippen molar-refractivity contribution in [3.8, 4) is 6.07 Å². The lowest BCUT2D eigenvalue weighted by Gasteiger charge is -1.96. The van der Waals surface area contributed by atoms with Crippen LogP contribution in [-0.2, 0) is 0 Å². The first-order valence-corrected chi connectivity index (χ1v) is 5.66. The van der Waals surface area contributed by atoms with Crippen LogP contribution in [0.25, 0.3) is 6.08 Å². The Morgan fingerprint density at radius 1 is 1.38 bits per heavy atom. The summed E-state index contributed by atoms with van der Waals surface area (Å²) in [6.45, 7) is 0. The lowest BCUT2D eigenvalue weighted by molar-refractivity contribution is 0.265. The van der Waals surface area contributed by atoms with Crippen LogP contribution >= 0.6 is 24.0 Å². The van der Waals surface area contributed by atoms with Crippen molar-refractivity contribution >= 4 is 40.3 Å². The van der Waals surface area contributed by atoms with E-state index in [1.54, 1.807) is 12.1 Å². The number of nitrogens with zero attached hydrogens (tertiary/aromatic N) is 1. The van der Waals surface area contributed by atoms with Crippen LogP contribution in [0.1, 0.15) is 11.1 Å². The smallest absolute Gasteiger partial charge is 0.289 e. The quantitative estimate of drug-likeness (QED) is 0.611. The van der Waals surface area contributed by atoms with Gasteiger partial charge in [0.15, 0.2) is 0 Å². The number of thioether (sulfide) groups is 1. The number of carbonyl (C=O) groups excluding carboxylic acids is 1.